The highest BCUT2D eigenvalue weighted by Gasteiger charge is 2.58. The molecule has 0 aliphatic carbocycles. The van der Waals surface area contributed by atoms with Gasteiger partial charge in [-0.3, -0.25) is 0 Å². The van der Waals surface area contributed by atoms with E-state index in [0.29, 0.717) is 6.54 Å². The summed E-state index contributed by atoms with van der Waals surface area (Å²) in [6.45, 7) is 1.42. The van der Waals surface area contributed by atoms with Crippen molar-refractivity contribution in [3.63, 3.8) is 0 Å². The fourth-order valence-electron chi connectivity index (χ4n) is 1.43. The first-order valence-corrected chi connectivity index (χ1v) is 6.50. The average Bonchev–Trinajstić information content (AvgIpc) is 2.75. The summed E-state index contributed by atoms with van der Waals surface area (Å²) in [7, 11) is 0. The Hall–Kier alpha value is -0.800. The van der Waals surface area contributed by atoms with E-state index in [0.717, 1.165) is 11.8 Å². The highest BCUT2D eigenvalue weighted by atomic mass is 32.1. The second-order valence-corrected chi connectivity index (χ2v) is 5.15. The van der Waals surface area contributed by atoms with Gasteiger partial charge in [0.2, 0.25) is 6.10 Å². The van der Waals surface area contributed by atoms with E-state index < -0.39 is 24.6 Å². The Morgan fingerprint density at radius 1 is 1.20 bits per heavy atom. The highest BCUT2D eigenvalue weighted by molar-refractivity contribution is 7.09. The van der Waals surface area contributed by atoms with Gasteiger partial charge in [0.05, 0.1) is 6.10 Å². The Balaban J connectivity index is 2.44. The van der Waals surface area contributed by atoms with Crippen LogP contribution < -0.4 is 5.32 Å². The number of alkyl halides is 6. The summed E-state index contributed by atoms with van der Waals surface area (Å²) in [5, 5.41) is 4.57. The fourth-order valence-corrected chi connectivity index (χ4v) is 2.11. The van der Waals surface area contributed by atoms with Crippen LogP contribution in [-0.2, 0) is 11.3 Å². The standard InChI is InChI=1S/C11H13F6NOS/c1-7(5-18-6-8-3-2-4-20-8)19-9(10(12,13)14)11(15,16)17/h2-4,7,9,18H,5-6H2,1H3. The molecule has 0 aromatic carbocycles. The molecule has 1 unspecified atom stereocenters. The molecule has 1 rings (SSSR count). The van der Waals surface area contributed by atoms with E-state index >= 15 is 0 Å². The van der Waals surface area contributed by atoms with E-state index in [2.05, 4.69) is 10.1 Å². The quantitative estimate of drug-likeness (QED) is 0.806. The van der Waals surface area contributed by atoms with Crippen molar-refractivity contribution in [1.29, 1.82) is 0 Å². The van der Waals surface area contributed by atoms with Crippen molar-refractivity contribution < 1.29 is 31.1 Å². The zero-order chi connectivity index (χ0) is 15.4. The zero-order valence-electron chi connectivity index (χ0n) is 10.4. The molecule has 0 aliphatic rings. The van der Waals surface area contributed by atoms with Gasteiger partial charge in [0.15, 0.2) is 0 Å². The SMILES string of the molecule is CC(CNCc1cccs1)OC(C(F)(F)F)C(F)(F)F. The van der Waals surface area contributed by atoms with Crippen LogP contribution in [0.5, 0.6) is 0 Å². The summed E-state index contributed by atoms with van der Waals surface area (Å²) in [6, 6.07) is 3.60. The summed E-state index contributed by atoms with van der Waals surface area (Å²) in [6.07, 6.45) is -15.9. The van der Waals surface area contributed by atoms with E-state index in [-0.39, 0.29) is 6.54 Å². The van der Waals surface area contributed by atoms with Crippen molar-refractivity contribution in [2.24, 2.45) is 0 Å². The molecule has 116 valence electrons. The van der Waals surface area contributed by atoms with Gasteiger partial charge in [-0.15, -0.1) is 11.3 Å². The lowest BCUT2D eigenvalue weighted by molar-refractivity contribution is -0.329. The van der Waals surface area contributed by atoms with Crippen LogP contribution in [0.2, 0.25) is 0 Å². The predicted octanol–water partition coefficient (Wildman–Crippen LogP) is 3.74. The summed E-state index contributed by atoms with van der Waals surface area (Å²) >= 11 is 1.43. The molecule has 0 spiro atoms. The molecule has 1 aromatic rings. The van der Waals surface area contributed by atoms with Crippen LogP contribution in [0, 0.1) is 0 Å². The number of ether oxygens (including phenoxy) is 1. The van der Waals surface area contributed by atoms with Gasteiger partial charge < -0.3 is 10.1 Å². The normalized spacial score (nSPS) is 14.8. The van der Waals surface area contributed by atoms with E-state index in [1.807, 2.05) is 5.38 Å². The minimum Gasteiger partial charge on any atom is -0.357 e. The van der Waals surface area contributed by atoms with Gasteiger partial charge in [-0.05, 0) is 18.4 Å². The smallest absolute Gasteiger partial charge is 0.357 e. The van der Waals surface area contributed by atoms with E-state index in [1.54, 1.807) is 12.1 Å². The number of nitrogens with one attached hydrogen (secondary N) is 1. The topological polar surface area (TPSA) is 21.3 Å². The van der Waals surface area contributed by atoms with Gasteiger partial charge in [0.25, 0.3) is 0 Å². The molecule has 1 N–H and O–H groups in total. The molecule has 0 aliphatic heterocycles. The van der Waals surface area contributed by atoms with Crippen LogP contribution in [-0.4, -0.2) is 31.1 Å². The Kier molecular flexibility index (Phi) is 5.84. The predicted molar refractivity (Wildman–Crippen MR) is 62.5 cm³/mol. The number of hydrogen-bond acceptors (Lipinski definition) is 3. The molecule has 1 heterocycles. The summed E-state index contributed by atoms with van der Waals surface area (Å²) in [5.41, 5.74) is 0. The second-order valence-electron chi connectivity index (χ2n) is 4.12. The van der Waals surface area contributed by atoms with Crippen molar-refractivity contribution in [2.45, 2.75) is 38.0 Å². The molecule has 0 bridgehead atoms. The molecule has 2 nitrogen and oxygen atoms in total. The van der Waals surface area contributed by atoms with E-state index in [4.69, 9.17) is 0 Å². The van der Waals surface area contributed by atoms with Gasteiger partial charge in [0, 0.05) is 18.0 Å². The molecule has 1 aromatic heterocycles. The molecule has 9 heteroatoms. The third-order valence-corrected chi connectivity index (χ3v) is 3.15. The lowest BCUT2D eigenvalue weighted by atomic mass is 10.3. The Labute approximate surface area is 115 Å². The number of thiophene rings is 1. The van der Waals surface area contributed by atoms with Crippen molar-refractivity contribution >= 4 is 11.3 Å². The van der Waals surface area contributed by atoms with Crippen molar-refractivity contribution in [3.05, 3.63) is 22.4 Å². The summed E-state index contributed by atoms with van der Waals surface area (Å²) in [4.78, 5) is 0.931. The van der Waals surface area contributed by atoms with Crippen molar-refractivity contribution in [1.82, 2.24) is 5.32 Å². The minimum absolute atomic E-state index is 0.111. The first kappa shape index (κ1) is 17.3. The van der Waals surface area contributed by atoms with Gasteiger partial charge in [-0.1, -0.05) is 6.07 Å². The molecule has 20 heavy (non-hydrogen) atoms. The maximum atomic E-state index is 12.3. The molecule has 0 saturated carbocycles. The Bertz CT molecular complexity index is 375. The van der Waals surface area contributed by atoms with E-state index in [9.17, 15) is 26.3 Å². The molecule has 0 fully saturated rings. The molecular formula is C11H13F6NOS. The minimum atomic E-state index is -5.47. The molecule has 0 amide bonds. The average molecular weight is 321 g/mol. The van der Waals surface area contributed by atoms with Gasteiger partial charge in [-0.2, -0.15) is 26.3 Å². The number of rotatable bonds is 6. The maximum Gasteiger partial charge on any atom is 0.423 e. The second kappa shape index (κ2) is 6.77. The summed E-state index contributed by atoms with van der Waals surface area (Å²) in [5.74, 6) is 0. The molecular weight excluding hydrogens is 308 g/mol. The monoisotopic (exact) mass is 321 g/mol. The lowest BCUT2D eigenvalue weighted by Crippen LogP contribution is -2.47. The molecule has 0 radical (unpaired) electrons. The van der Waals surface area contributed by atoms with E-state index in [1.165, 1.54) is 11.3 Å². The van der Waals surface area contributed by atoms with Gasteiger partial charge in [-0.25, -0.2) is 0 Å². The van der Waals surface area contributed by atoms with Crippen LogP contribution in [0.1, 0.15) is 11.8 Å². The van der Waals surface area contributed by atoms with Crippen LogP contribution >= 0.6 is 11.3 Å². The highest BCUT2D eigenvalue weighted by Crippen LogP contribution is 2.36. The summed E-state index contributed by atoms with van der Waals surface area (Å²) < 4.78 is 77.6. The van der Waals surface area contributed by atoms with Crippen LogP contribution in [0.25, 0.3) is 0 Å². The Morgan fingerprint density at radius 2 is 1.80 bits per heavy atom. The zero-order valence-corrected chi connectivity index (χ0v) is 11.2. The Morgan fingerprint density at radius 3 is 2.25 bits per heavy atom. The van der Waals surface area contributed by atoms with Gasteiger partial charge in [0.1, 0.15) is 0 Å². The van der Waals surface area contributed by atoms with Crippen LogP contribution in [0.15, 0.2) is 17.5 Å². The van der Waals surface area contributed by atoms with Gasteiger partial charge >= 0.3 is 12.4 Å². The van der Waals surface area contributed by atoms with Crippen molar-refractivity contribution in [2.75, 3.05) is 6.54 Å². The first-order chi connectivity index (χ1) is 9.10. The lowest BCUT2D eigenvalue weighted by Gasteiger charge is -2.26. The van der Waals surface area contributed by atoms with Crippen LogP contribution in [0.4, 0.5) is 26.3 Å². The first-order valence-electron chi connectivity index (χ1n) is 5.62. The molecule has 0 saturated heterocycles. The van der Waals surface area contributed by atoms with Crippen molar-refractivity contribution in [3.8, 4) is 0 Å². The van der Waals surface area contributed by atoms with Crippen LogP contribution in [0.3, 0.4) is 0 Å². The number of halogens is 6. The molecule has 1 atom stereocenters. The maximum absolute atomic E-state index is 12.3. The number of hydrogen-bond donors (Lipinski definition) is 1. The third-order valence-electron chi connectivity index (χ3n) is 2.27. The fraction of sp³-hybridized carbons (Fsp3) is 0.636. The third kappa shape index (κ3) is 5.68. The largest absolute Gasteiger partial charge is 0.423 e.